The topological polar surface area (TPSA) is 63.4 Å². The molecule has 0 saturated heterocycles. The Morgan fingerprint density at radius 1 is 1.35 bits per heavy atom. The van der Waals surface area contributed by atoms with Crippen LogP contribution in [0.2, 0.25) is 0 Å². The first-order valence-corrected chi connectivity index (χ1v) is 7.08. The zero-order valence-electron chi connectivity index (χ0n) is 13.5. The summed E-state index contributed by atoms with van der Waals surface area (Å²) >= 11 is 0. The molecule has 20 heavy (non-hydrogen) atoms. The highest BCUT2D eigenvalue weighted by atomic mass is 16.5. The number of hydrogen-bond acceptors (Lipinski definition) is 5. The molecule has 0 unspecified atom stereocenters. The van der Waals surface area contributed by atoms with Crippen molar-refractivity contribution in [2.45, 2.75) is 46.3 Å². The third-order valence-corrected chi connectivity index (χ3v) is 2.94. The molecule has 0 atom stereocenters. The quantitative estimate of drug-likeness (QED) is 0.838. The average Bonchev–Trinajstić information content (AvgIpc) is 2.31. The average molecular weight is 280 g/mol. The predicted octanol–water partition coefficient (Wildman–Crippen LogP) is 2.59. The largest absolute Gasteiger partial charge is 0.470 e. The molecule has 5 nitrogen and oxygen atoms in total. The predicted molar refractivity (Wildman–Crippen MR) is 85.3 cm³/mol. The molecule has 3 N–H and O–H groups in total. The molecular weight excluding hydrogens is 252 g/mol. The zero-order valence-corrected chi connectivity index (χ0v) is 13.5. The smallest absolute Gasteiger partial charge is 0.239 e. The first kappa shape index (κ1) is 16.6. The monoisotopic (exact) mass is 280 g/mol. The summed E-state index contributed by atoms with van der Waals surface area (Å²) in [7, 11) is 2.11. The van der Waals surface area contributed by atoms with E-state index >= 15 is 0 Å². The number of ether oxygens (including phenoxy) is 1. The van der Waals surface area contributed by atoms with Gasteiger partial charge in [-0.15, -0.1) is 0 Å². The van der Waals surface area contributed by atoms with Crippen LogP contribution in [0.15, 0.2) is 12.1 Å². The number of anilines is 2. The van der Waals surface area contributed by atoms with Crippen molar-refractivity contribution in [3.05, 3.63) is 12.1 Å². The number of aromatic nitrogens is 1. The van der Waals surface area contributed by atoms with Gasteiger partial charge in [0.2, 0.25) is 5.88 Å². The standard InChI is InChI=1S/C15H28N4O/c1-11(2)19(6)10-9-17-13-8-7-12(16)14(18-13)20-15(3,4)5/h7-8,11H,9-10,16H2,1-6H3,(H,17,18). The van der Waals surface area contributed by atoms with Gasteiger partial charge < -0.3 is 20.7 Å². The summed E-state index contributed by atoms with van der Waals surface area (Å²) in [5.41, 5.74) is 6.14. The third kappa shape index (κ3) is 5.65. The van der Waals surface area contributed by atoms with Crippen molar-refractivity contribution >= 4 is 11.5 Å². The number of hydrogen-bond donors (Lipinski definition) is 2. The molecule has 0 saturated carbocycles. The van der Waals surface area contributed by atoms with Crippen LogP contribution in [0.3, 0.4) is 0 Å². The Labute approximate surface area is 122 Å². The highest BCUT2D eigenvalue weighted by Crippen LogP contribution is 2.24. The fourth-order valence-electron chi connectivity index (χ4n) is 1.54. The number of rotatable bonds is 6. The van der Waals surface area contributed by atoms with E-state index in [0.717, 1.165) is 18.9 Å². The summed E-state index contributed by atoms with van der Waals surface area (Å²) in [6.45, 7) is 12.1. The molecule has 0 amide bonds. The van der Waals surface area contributed by atoms with Gasteiger partial charge in [0.25, 0.3) is 0 Å². The molecule has 0 aliphatic heterocycles. The fraction of sp³-hybridized carbons (Fsp3) is 0.667. The van der Waals surface area contributed by atoms with Crippen molar-refractivity contribution in [3.8, 4) is 5.88 Å². The van der Waals surface area contributed by atoms with Crippen molar-refractivity contribution in [2.24, 2.45) is 0 Å². The van der Waals surface area contributed by atoms with Crippen LogP contribution in [0.1, 0.15) is 34.6 Å². The maximum Gasteiger partial charge on any atom is 0.239 e. The second kappa shape index (κ2) is 6.79. The van der Waals surface area contributed by atoms with Gasteiger partial charge in [-0.1, -0.05) is 0 Å². The first-order chi connectivity index (χ1) is 9.19. The van der Waals surface area contributed by atoms with E-state index in [1.54, 1.807) is 0 Å². The van der Waals surface area contributed by atoms with E-state index < -0.39 is 0 Å². The van der Waals surface area contributed by atoms with Crippen molar-refractivity contribution in [2.75, 3.05) is 31.2 Å². The Hall–Kier alpha value is -1.49. The van der Waals surface area contributed by atoms with Gasteiger partial charge in [0, 0.05) is 19.1 Å². The van der Waals surface area contributed by atoms with Crippen LogP contribution < -0.4 is 15.8 Å². The number of nitrogen functional groups attached to an aromatic ring is 1. The van der Waals surface area contributed by atoms with Crippen LogP contribution in [0.4, 0.5) is 11.5 Å². The van der Waals surface area contributed by atoms with Gasteiger partial charge in [-0.3, -0.25) is 0 Å². The van der Waals surface area contributed by atoms with E-state index in [-0.39, 0.29) is 5.60 Å². The van der Waals surface area contributed by atoms with E-state index in [1.807, 2.05) is 32.9 Å². The minimum absolute atomic E-state index is 0.308. The van der Waals surface area contributed by atoms with Gasteiger partial charge in [-0.2, -0.15) is 4.98 Å². The molecule has 1 heterocycles. The van der Waals surface area contributed by atoms with Crippen LogP contribution in [-0.2, 0) is 0 Å². The number of likely N-dealkylation sites (N-methyl/N-ethyl adjacent to an activating group) is 1. The summed E-state index contributed by atoms with van der Waals surface area (Å²) < 4.78 is 5.75. The lowest BCUT2D eigenvalue weighted by Crippen LogP contribution is -2.31. The highest BCUT2D eigenvalue weighted by Gasteiger charge is 2.15. The molecule has 0 fully saturated rings. The zero-order chi connectivity index (χ0) is 15.3. The maximum atomic E-state index is 5.89. The van der Waals surface area contributed by atoms with Crippen LogP contribution in [0, 0.1) is 0 Å². The highest BCUT2D eigenvalue weighted by molar-refractivity contribution is 5.53. The normalized spacial score (nSPS) is 12.0. The number of nitrogens with zero attached hydrogens (tertiary/aromatic N) is 2. The summed E-state index contributed by atoms with van der Waals surface area (Å²) in [5, 5.41) is 3.30. The molecule has 0 aromatic carbocycles. The summed E-state index contributed by atoms with van der Waals surface area (Å²) in [6, 6.07) is 4.24. The van der Waals surface area contributed by atoms with Gasteiger partial charge in [0.15, 0.2) is 0 Å². The maximum absolute atomic E-state index is 5.89. The summed E-state index contributed by atoms with van der Waals surface area (Å²) in [5.74, 6) is 1.27. The molecule has 1 aromatic rings. The van der Waals surface area contributed by atoms with Gasteiger partial charge in [0.05, 0.1) is 5.69 Å². The SMILES string of the molecule is CC(C)N(C)CCNc1ccc(N)c(OC(C)(C)C)n1. The molecule has 0 aliphatic rings. The first-order valence-electron chi connectivity index (χ1n) is 7.08. The molecule has 0 bridgehead atoms. The molecule has 0 aliphatic carbocycles. The minimum Gasteiger partial charge on any atom is -0.470 e. The van der Waals surface area contributed by atoms with Crippen LogP contribution in [0.25, 0.3) is 0 Å². The Morgan fingerprint density at radius 2 is 2.00 bits per heavy atom. The lowest BCUT2D eigenvalue weighted by molar-refractivity contribution is 0.125. The second-order valence-electron chi connectivity index (χ2n) is 6.31. The van der Waals surface area contributed by atoms with Crippen molar-refractivity contribution in [1.29, 1.82) is 0 Å². The Kier molecular flexibility index (Phi) is 5.62. The van der Waals surface area contributed by atoms with Gasteiger partial charge >= 0.3 is 0 Å². The number of nitrogens with one attached hydrogen (secondary N) is 1. The Bertz CT molecular complexity index is 426. The van der Waals surface area contributed by atoms with Crippen molar-refractivity contribution < 1.29 is 4.74 Å². The summed E-state index contributed by atoms with van der Waals surface area (Å²) in [4.78, 5) is 6.70. The van der Waals surface area contributed by atoms with E-state index in [4.69, 9.17) is 10.5 Å². The number of pyridine rings is 1. The van der Waals surface area contributed by atoms with E-state index in [1.165, 1.54) is 0 Å². The summed E-state index contributed by atoms with van der Waals surface area (Å²) in [6.07, 6.45) is 0. The van der Waals surface area contributed by atoms with E-state index in [2.05, 4.69) is 36.1 Å². The van der Waals surface area contributed by atoms with Gasteiger partial charge in [-0.25, -0.2) is 0 Å². The van der Waals surface area contributed by atoms with Crippen LogP contribution in [0.5, 0.6) is 5.88 Å². The molecule has 1 aromatic heterocycles. The van der Waals surface area contributed by atoms with E-state index in [9.17, 15) is 0 Å². The lowest BCUT2D eigenvalue weighted by atomic mass is 10.2. The molecule has 114 valence electrons. The van der Waals surface area contributed by atoms with Gasteiger partial charge in [-0.05, 0) is 53.8 Å². The Balaban J connectivity index is 2.61. The Morgan fingerprint density at radius 3 is 2.55 bits per heavy atom. The molecule has 5 heteroatoms. The molecule has 0 radical (unpaired) electrons. The third-order valence-electron chi connectivity index (χ3n) is 2.94. The van der Waals surface area contributed by atoms with Crippen molar-refractivity contribution in [3.63, 3.8) is 0 Å². The fourth-order valence-corrected chi connectivity index (χ4v) is 1.54. The lowest BCUT2D eigenvalue weighted by Gasteiger charge is -2.23. The van der Waals surface area contributed by atoms with Crippen LogP contribution in [-0.4, -0.2) is 41.7 Å². The van der Waals surface area contributed by atoms with Crippen LogP contribution >= 0.6 is 0 Å². The van der Waals surface area contributed by atoms with Crippen molar-refractivity contribution in [1.82, 2.24) is 9.88 Å². The molecule has 1 rings (SSSR count). The second-order valence-corrected chi connectivity index (χ2v) is 6.31. The molecular formula is C15H28N4O. The number of nitrogens with two attached hydrogens (primary N) is 1. The van der Waals surface area contributed by atoms with Gasteiger partial charge in [0.1, 0.15) is 11.4 Å². The minimum atomic E-state index is -0.308. The molecule has 0 spiro atoms. The van der Waals surface area contributed by atoms with E-state index in [0.29, 0.717) is 17.6 Å².